The number of para-hydroxylation sites is 1. The van der Waals surface area contributed by atoms with Crippen molar-refractivity contribution in [2.24, 2.45) is 0 Å². The zero-order valence-electron chi connectivity index (χ0n) is 14.6. The standard InChI is InChI=1S/C21H20ClNO2S/c1-16-13-14-20(15-21(16)22)26(24,25)23(19-11-7-4-8-12-19)17(2)18-9-5-3-6-10-18/h3-15,17H,1-2H3. The van der Waals surface area contributed by atoms with Crippen LogP contribution in [0.3, 0.4) is 0 Å². The van der Waals surface area contributed by atoms with Crippen LogP contribution in [0.5, 0.6) is 0 Å². The second kappa shape index (κ2) is 7.52. The summed E-state index contributed by atoms with van der Waals surface area (Å²) in [5.41, 5.74) is 2.37. The second-order valence-corrected chi connectivity index (χ2v) is 8.36. The third kappa shape index (κ3) is 3.62. The highest BCUT2D eigenvalue weighted by molar-refractivity contribution is 7.92. The van der Waals surface area contributed by atoms with Crippen LogP contribution in [-0.2, 0) is 10.0 Å². The molecule has 0 amide bonds. The Morgan fingerprint density at radius 3 is 2.04 bits per heavy atom. The fourth-order valence-electron chi connectivity index (χ4n) is 2.86. The van der Waals surface area contributed by atoms with Gasteiger partial charge in [0.1, 0.15) is 0 Å². The lowest BCUT2D eigenvalue weighted by Gasteiger charge is -2.31. The molecule has 134 valence electrons. The monoisotopic (exact) mass is 385 g/mol. The summed E-state index contributed by atoms with van der Waals surface area (Å²) in [6.45, 7) is 3.73. The van der Waals surface area contributed by atoms with Crippen LogP contribution >= 0.6 is 11.6 Å². The Morgan fingerprint density at radius 2 is 1.46 bits per heavy atom. The second-order valence-electron chi connectivity index (χ2n) is 6.13. The van der Waals surface area contributed by atoms with Crippen LogP contribution in [0.2, 0.25) is 5.02 Å². The maximum Gasteiger partial charge on any atom is 0.264 e. The van der Waals surface area contributed by atoms with Crippen LogP contribution in [0, 0.1) is 6.92 Å². The Balaban J connectivity index is 2.15. The molecule has 1 unspecified atom stereocenters. The van der Waals surface area contributed by atoms with Gasteiger partial charge >= 0.3 is 0 Å². The van der Waals surface area contributed by atoms with Gasteiger partial charge in [0.25, 0.3) is 10.0 Å². The SMILES string of the molecule is Cc1ccc(S(=O)(=O)N(c2ccccc2)C(C)c2ccccc2)cc1Cl. The van der Waals surface area contributed by atoms with E-state index < -0.39 is 10.0 Å². The van der Waals surface area contributed by atoms with E-state index in [9.17, 15) is 8.42 Å². The van der Waals surface area contributed by atoms with Crippen LogP contribution in [0.25, 0.3) is 0 Å². The molecule has 3 nitrogen and oxygen atoms in total. The fraction of sp³-hybridized carbons (Fsp3) is 0.143. The minimum absolute atomic E-state index is 0.180. The first-order valence-corrected chi connectivity index (χ1v) is 10.1. The van der Waals surface area contributed by atoms with Gasteiger partial charge in [0.05, 0.1) is 16.6 Å². The molecule has 0 saturated heterocycles. The van der Waals surface area contributed by atoms with Crippen molar-refractivity contribution in [1.82, 2.24) is 0 Å². The molecule has 3 rings (SSSR count). The quantitative estimate of drug-likeness (QED) is 0.572. The minimum Gasteiger partial charge on any atom is -0.259 e. The van der Waals surface area contributed by atoms with E-state index in [1.807, 2.05) is 62.4 Å². The third-order valence-corrected chi connectivity index (χ3v) is 6.65. The average molecular weight is 386 g/mol. The van der Waals surface area contributed by atoms with Crippen molar-refractivity contribution in [1.29, 1.82) is 0 Å². The lowest BCUT2D eigenvalue weighted by atomic mass is 10.1. The third-order valence-electron chi connectivity index (χ3n) is 4.34. The topological polar surface area (TPSA) is 37.4 Å². The number of benzene rings is 3. The average Bonchev–Trinajstić information content (AvgIpc) is 2.65. The Hall–Kier alpha value is -2.30. The van der Waals surface area contributed by atoms with Crippen molar-refractivity contribution in [3.8, 4) is 0 Å². The molecule has 0 aliphatic heterocycles. The molecule has 5 heteroatoms. The predicted molar refractivity (Wildman–Crippen MR) is 107 cm³/mol. The summed E-state index contributed by atoms with van der Waals surface area (Å²) in [6, 6.07) is 23.2. The fourth-order valence-corrected chi connectivity index (χ4v) is 4.78. The van der Waals surface area contributed by atoms with Crippen LogP contribution < -0.4 is 4.31 Å². The number of hydrogen-bond acceptors (Lipinski definition) is 2. The molecule has 3 aromatic carbocycles. The van der Waals surface area contributed by atoms with Crippen molar-refractivity contribution in [2.75, 3.05) is 4.31 Å². The van der Waals surface area contributed by atoms with Gasteiger partial charge in [0, 0.05) is 5.02 Å². The van der Waals surface area contributed by atoms with Gasteiger partial charge < -0.3 is 0 Å². The van der Waals surface area contributed by atoms with Gasteiger partial charge in [-0.05, 0) is 49.2 Å². The van der Waals surface area contributed by atoms with Gasteiger partial charge in [0.2, 0.25) is 0 Å². The van der Waals surface area contributed by atoms with Crippen molar-refractivity contribution >= 4 is 27.3 Å². The Morgan fingerprint density at radius 1 is 0.885 bits per heavy atom. The van der Waals surface area contributed by atoms with Gasteiger partial charge in [-0.1, -0.05) is 66.2 Å². The number of rotatable bonds is 5. The van der Waals surface area contributed by atoms with Crippen molar-refractivity contribution < 1.29 is 8.42 Å². The molecule has 0 aliphatic rings. The molecule has 0 N–H and O–H groups in total. The number of hydrogen-bond donors (Lipinski definition) is 0. The van der Waals surface area contributed by atoms with Crippen molar-refractivity contribution in [2.45, 2.75) is 24.8 Å². The molecule has 0 aromatic heterocycles. The predicted octanol–water partition coefficient (Wildman–Crippen LogP) is 5.60. The summed E-state index contributed by atoms with van der Waals surface area (Å²) >= 11 is 6.18. The number of sulfonamides is 1. The molecule has 0 bridgehead atoms. The summed E-state index contributed by atoms with van der Waals surface area (Å²) in [5.74, 6) is 0. The molecule has 1 atom stereocenters. The van der Waals surface area contributed by atoms with E-state index in [0.29, 0.717) is 10.7 Å². The molecule has 26 heavy (non-hydrogen) atoms. The van der Waals surface area contributed by atoms with E-state index in [4.69, 9.17) is 11.6 Å². The normalized spacial score (nSPS) is 12.6. The van der Waals surface area contributed by atoms with E-state index in [1.165, 1.54) is 10.4 Å². The van der Waals surface area contributed by atoms with Gasteiger partial charge in [-0.25, -0.2) is 8.42 Å². The molecule has 0 aliphatic carbocycles. The van der Waals surface area contributed by atoms with E-state index >= 15 is 0 Å². The lowest BCUT2D eigenvalue weighted by Crippen LogP contribution is -2.33. The summed E-state index contributed by atoms with van der Waals surface area (Å²) in [4.78, 5) is 0.180. The number of halogens is 1. The van der Waals surface area contributed by atoms with Gasteiger partial charge in [-0.15, -0.1) is 0 Å². The van der Waals surface area contributed by atoms with Crippen LogP contribution in [0.1, 0.15) is 24.1 Å². The molecule has 0 radical (unpaired) electrons. The van der Waals surface area contributed by atoms with E-state index in [2.05, 4.69) is 0 Å². The maximum absolute atomic E-state index is 13.5. The van der Waals surface area contributed by atoms with Gasteiger partial charge in [-0.2, -0.15) is 0 Å². The number of anilines is 1. The van der Waals surface area contributed by atoms with E-state index in [0.717, 1.165) is 11.1 Å². The van der Waals surface area contributed by atoms with Crippen LogP contribution in [-0.4, -0.2) is 8.42 Å². The Labute approximate surface area is 159 Å². The molecule has 0 spiro atoms. The molecule has 0 fully saturated rings. The van der Waals surface area contributed by atoms with Crippen molar-refractivity contribution in [3.63, 3.8) is 0 Å². The highest BCUT2D eigenvalue weighted by Crippen LogP contribution is 2.34. The highest BCUT2D eigenvalue weighted by atomic mass is 35.5. The smallest absolute Gasteiger partial charge is 0.259 e. The number of nitrogens with zero attached hydrogens (tertiary/aromatic N) is 1. The largest absolute Gasteiger partial charge is 0.264 e. The number of aryl methyl sites for hydroxylation is 1. The molecular weight excluding hydrogens is 366 g/mol. The zero-order chi connectivity index (χ0) is 18.7. The van der Waals surface area contributed by atoms with Crippen LogP contribution in [0.4, 0.5) is 5.69 Å². The summed E-state index contributed by atoms with van der Waals surface area (Å²) < 4.78 is 28.4. The highest BCUT2D eigenvalue weighted by Gasteiger charge is 2.30. The van der Waals surface area contributed by atoms with E-state index in [-0.39, 0.29) is 10.9 Å². The Kier molecular flexibility index (Phi) is 5.35. The molecular formula is C21H20ClNO2S. The van der Waals surface area contributed by atoms with Crippen LogP contribution in [0.15, 0.2) is 83.8 Å². The van der Waals surface area contributed by atoms with Gasteiger partial charge in [0.15, 0.2) is 0 Å². The molecule has 3 aromatic rings. The first-order valence-electron chi connectivity index (χ1n) is 8.32. The molecule has 0 heterocycles. The van der Waals surface area contributed by atoms with Gasteiger partial charge in [-0.3, -0.25) is 4.31 Å². The lowest BCUT2D eigenvalue weighted by molar-refractivity contribution is 0.583. The summed E-state index contributed by atoms with van der Waals surface area (Å²) in [7, 11) is -3.79. The first-order chi connectivity index (χ1) is 12.4. The zero-order valence-corrected chi connectivity index (χ0v) is 16.2. The van der Waals surface area contributed by atoms with E-state index in [1.54, 1.807) is 24.3 Å². The van der Waals surface area contributed by atoms with Crippen molar-refractivity contribution in [3.05, 3.63) is 95.0 Å². The summed E-state index contributed by atoms with van der Waals surface area (Å²) in [6.07, 6.45) is 0. The minimum atomic E-state index is -3.79. The Bertz CT molecular complexity index is 989. The maximum atomic E-state index is 13.5. The first kappa shape index (κ1) is 18.5. The summed E-state index contributed by atoms with van der Waals surface area (Å²) in [5, 5.41) is 0.437. The molecule has 0 saturated carbocycles.